The summed E-state index contributed by atoms with van der Waals surface area (Å²) >= 11 is 6.12. The fourth-order valence-electron chi connectivity index (χ4n) is 1.83. The molecule has 0 radical (unpaired) electrons. The summed E-state index contributed by atoms with van der Waals surface area (Å²) in [5.74, 6) is -0.498. The van der Waals surface area contributed by atoms with Gasteiger partial charge in [-0.1, -0.05) is 11.6 Å². The Morgan fingerprint density at radius 1 is 1.35 bits per heavy atom. The van der Waals surface area contributed by atoms with Crippen LogP contribution in [0.15, 0.2) is 12.1 Å². The topological polar surface area (TPSA) is 84.9 Å². The number of hydrogen-bond donors (Lipinski definition) is 2. The Morgan fingerprint density at radius 2 is 2.00 bits per heavy atom. The number of carbonyl (C=O) groups is 2. The minimum atomic E-state index is -0.905. The van der Waals surface area contributed by atoms with E-state index in [2.05, 4.69) is 5.32 Å². The van der Waals surface area contributed by atoms with Crippen LogP contribution < -0.4 is 14.8 Å². The van der Waals surface area contributed by atoms with Crippen LogP contribution in [0, 0.1) is 5.41 Å². The Balaban J connectivity index is 2.81. The van der Waals surface area contributed by atoms with Crippen LogP contribution in [0.25, 0.3) is 0 Å². The van der Waals surface area contributed by atoms with E-state index < -0.39 is 11.4 Å². The normalized spacial score (nSPS) is 11.0. The molecule has 0 bridgehead atoms. The number of carboxylic acid groups (broad SMARTS) is 1. The van der Waals surface area contributed by atoms with Gasteiger partial charge in [0.15, 0.2) is 11.5 Å². The molecule has 1 aromatic carbocycles. The molecule has 0 saturated heterocycles. The second-order valence-electron chi connectivity index (χ2n) is 5.62. The molecule has 0 saturated carbocycles. The Hall–Kier alpha value is -1.95. The van der Waals surface area contributed by atoms with E-state index in [0.717, 1.165) is 0 Å². The lowest BCUT2D eigenvalue weighted by atomic mass is 9.90. The number of rotatable bonds is 8. The lowest BCUT2D eigenvalue weighted by Gasteiger charge is -2.19. The maximum atomic E-state index is 12.2. The molecule has 0 atom stereocenters. The van der Waals surface area contributed by atoms with Gasteiger partial charge in [-0.2, -0.15) is 0 Å². The van der Waals surface area contributed by atoms with Crippen LogP contribution in [0.1, 0.15) is 37.6 Å². The molecule has 0 aliphatic carbocycles. The van der Waals surface area contributed by atoms with Gasteiger partial charge in [-0.15, -0.1) is 0 Å². The molecule has 1 amide bonds. The smallest absolute Gasteiger partial charge is 0.309 e. The number of aliphatic carboxylic acids is 1. The largest absolute Gasteiger partial charge is 0.493 e. The van der Waals surface area contributed by atoms with Gasteiger partial charge in [-0.3, -0.25) is 9.59 Å². The van der Waals surface area contributed by atoms with Gasteiger partial charge in [0.2, 0.25) is 0 Å². The van der Waals surface area contributed by atoms with Gasteiger partial charge < -0.3 is 19.9 Å². The Labute approximate surface area is 140 Å². The lowest BCUT2D eigenvalue weighted by Crippen LogP contribution is -2.32. The third-order valence-corrected chi connectivity index (χ3v) is 3.68. The van der Waals surface area contributed by atoms with Crippen LogP contribution in [0.2, 0.25) is 5.02 Å². The Bertz CT molecular complexity index is 586. The van der Waals surface area contributed by atoms with Crippen molar-refractivity contribution >= 4 is 23.5 Å². The minimum absolute atomic E-state index is 0.241. The number of nitrogens with one attached hydrogen (secondary N) is 1. The van der Waals surface area contributed by atoms with Crippen LogP contribution >= 0.6 is 11.6 Å². The first-order valence-corrected chi connectivity index (χ1v) is 7.62. The van der Waals surface area contributed by atoms with Gasteiger partial charge in [0.1, 0.15) is 0 Å². The highest BCUT2D eigenvalue weighted by Gasteiger charge is 2.26. The van der Waals surface area contributed by atoms with E-state index >= 15 is 0 Å². The number of ether oxygens (including phenoxy) is 2. The van der Waals surface area contributed by atoms with Crippen molar-refractivity contribution in [2.75, 3.05) is 20.3 Å². The number of halogens is 1. The summed E-state index contributed by atoms with van der Waals surface area (Å²) in [6.45, 7) is 5.70. The van der Waals surface area contributed by atoms with Crippen LogP contribution in [-0.2, 0) is 4.79 Å². The third kappa shape index (κ3) is 5.03. The zero-order valence-electron chi connectivity index (χ0n) is 13.7. The van der Waals surface area contributed by atoms with Crippen molar-refractivity contribution in [1.29, 1.82) is 0 Å². The fraction of sp³-hybridized carbons (Fsp3) is 0.500. The third-order valence-electron chi connectivity index (χ3n) is 3.39. The van der Waals surface area contributed by atoms with Gasteiger partial charge in [0.25, 0.3) is 5.91 Å². The predicted octanol–water partition coefficient (Wildman–Crippen LogP) is 2.98. The summed E-state index contributed by atoms with van der Waals surface area (Å²) < 4.78 is 10.6. The monoisotopic (exact) mass is 343 g/mol. The van der Waals surface area contributed by atoms with Crippen molar-refractivity contribution in [3.8, 4) is 11.5 Å². The highest BCUT2D eigenvalue weighted by molar-refractivity contribution is 6.32. The number of benzene rings is 1. The highest BCUT2D eigenvalue weighted by atomic mass is 35.5. The lowest BCUT2D eigenvalue weighted by molar-refractivity contribution is -0.147. The standard InChI is InChI=1S/C16H22ClNO5/c1-5-23-13-11(17)8-10(9-12(13)22-4)14(19)18-7-6-16(2,3)15(20)21/h8-9H,5-7H2,1-4H3,(H,18,19)(H,20,21). The summed E-state index contributed by atoms with van der Waals surface area (Å²) in [7, 11) is 1.46. The average Bonchev–Trinajstić information content (AvgIpc) is 2.48. The molecule has 0 aliphatic heterocycles. The molecule has 2 N–H and O–H groups in total. The molecule has 1 rings (SSSR count). The van der Waals surface area contributed by atoms with Crippen LogP contribution in [0.3, 0.4) is 0 Å². The molecule has 0 heterocycles. The van der Waals surface area contributed by atoms with Gasteiger partial charge in [-0.25, -0.2) is 0 Å². The molecule has 0 fully saturated rings. The second kappa shape index (κ2) is 8.06. The summed E-state index contributed by atoms with van der Waals surface area (Å²) in [5, 5.41) is 12.0. The van der Waals surface area contributed by atoms with E-state index in [-0.39, 0.29) is 17.5 Å². The number of carbonyl (C=O) groups excluding carboxylic acids is 1. The molecule has 0 aliphatic rings. The zero-order chi connectivity index (χ0) is 17.6. The number of carboxylic acids is 1. The molecule has 0 spiro atoms. The summed E-state index contributed by atoms with van der Waals surface area (Å²) in [6, 6.07) is 3.03. The fourth-order valence-corrected chi connectivity index (χ4v) is 2.10. The second-order valence-corrected chi connectivity index (χ2v) is 6.02. The maximum absolute atomic E-state index is 12.2. The van der Waals surface area contributed by atoms with Crippen molar-refractivity contribution < 1.29 is 24.2 Å². The predicted molar refractivity (Wildman–Crippen MR) is 87.5 cm³/mol. The summed E-state index contributed by atoms with van der Waals surface area (Å²) in [6.07, 6.45) is 0.315. The molecular formula is C16H22ClNO5. The average molecular weight is 344 g/mol. The Kier molecular flexibility index (Phi) is 6.69. The van der Waals surface area contributed by atoms with E-state index in [1.54, 1.807) is 13.8 Å². The first kappa shape index (κ1) is 19.1. The Morgan fingerprint density at radius 3 is 2.52 bits per heavy atom. The van der Waals surface area contributed by atoms with E-state index in [4.69, 9.17) is 26.2 Å². The molecule has 23 heavy (non-hydrogen) atoms. The van der Waals surface area contributed by atoms with Gasteiger partial charge in [0.05, 0.1) is 24.2 Å². The van der Waals surface area contributed by atoms with E-state index in [9.17, 15) is 9.59 Å². The van der Waals surface area contributed by atoms with Crippen molar-refractivity contribution in [3.63, 3.8) is 0 Å². The molecule has 1 aromatic rings. The number of amides is 1. The van der Waals surface area contributed by atoms with E-state index in [1.807, 2.05) is 6.92 Å². The van der Waals surface area contributed by atoms with E-state index in [0.29, 0.717) is 30.1 Å². The molecule has 0 unspecified atom stereocenters. The van der Waals surface area contributed by atoms with Gasteiger partial charge >= 0.3 is 5.97 Å². The number of methoxy groups -OCH3 is 1. The van der Waals surface area contributed by atoms with Gasteiger partial charge in [0, 0.05) is 12.1 Å². The minimum Gasteiger partial charge on any atom is -0.493 e. The maximum Gasteiger partial charge on any atom is 0.309 e. The summed E-state index contributed by atoms with van der Waals surface area (Å²) in [4.78, 5) is 23.2. The SMILES string of the molecule is CCOc1c(Cl)cc(C(=O)NCCC(C)(C)C(=O)O)cc1OC. The van der Waals surface area contributed by atoms with E-state index in [1.165, 1.54) is 19.2 Å². The highest BCUT2D eigenvalue weighted by Crippen LogP contribution is 2.36. The molecule has 128 valence electrons. The van der Waals surface area contributed by atoms with Crippen molar-refractivity contribution in [1.82, 2.24) is 5.32 Å². The molecule has 7 heteroatoms. The van der Waals surface area contributed by atoms with Crippen LogP contribution in [0.5, 0.6) is 11.5 Å². The van der Waals surface area contributed by atoms with Crippen molar-refractivity contribution in [3.05, 3.63) is 22.7 Å². The summed E-state index contributed by atoms with van der Waals surface area (Å²) in [5.41, 5.74) is -0.579. The first-order valence-electron chi connectivity index (χ1n) is 7.24. The molecular weight excluding hydrogens is 322 g/mol. The number of hydrogen-bond acceptors (Lipinski definition) is 4. The quantitative estimate of drug-likeness (QED) is 0.758. The van der Waals surface area contributed by atoms with Crippen molar-refractivity contribution in [2.24, 2.45) is 5.41 Å². The van der Waals surface area contributed by atoms with Crippen LogP contribution in [0.4, 0.5) is 0 Å². The van der Waals surface area contributed by atoms with Crippen LogP contribution in [-0.4, -0.2) is 37.2 Å². The molecule has 6 nitrogen and oxygen atoms in total. The van der Waals surface area contributed by atoms with Crippen molar-refractivity contribution in [2.45, 2.75) is 27.2 Å². The van der Waals surface area contributed by atoms with Gasteiger partial charge in [-0.05, 0) is 39.3 Å². The zero-order valence-corrected chi connectivity index (χ0v) is 14.5. The molecule has 0 aromatic heterocycles. The first-order chi connectivity index (χ1) is 10.7.